The van der Waals surface area contributed by atoms with Crippen molar-refractivity contribution in [3.63, 3.8) is 0 Å². The standard InChI is InChI=1S/C24H29FN6O2S/c1-29(20-8-3-2-4-9-20)12-6-11-26-22(32)18-34-24-28-27-23(30-13-15-33-16-14-30)31(24)21-10-5-7-19(25)17-21/h2-5,7-10,17H,6,11-16,18H2,1H3,(H,26,32). The Bertz CT molecular complexity index is 1070. The average molecular weight is 485 g/mol. The highest BCUT2D eigenvalue weighted by atomic mass is 32.2. The molecule has 1 N–H and O–H groups in total. The molecule has 0 unspecified atom stereocenters. The van der Waals surface area contributed by atoms with E-state index >= 15 is 0 Å². The maximum absolute atomic E-state index is 14.0. The summed E-state index contributed by atoms with van der Waals surface area (Å²) in [6, 6.07) is 16.5. The van der Waals surface area contributed by atoms with Crippen molar-refractivity contribution in [1.29, 1.82) is 0 Å². The summed E-state index contributed by atoms with van der Waals surface area (Å²) in [5.41, 5.74) is 1.77. The van der Waals surface area contributed by atoms with E-state index < -0.39 is 0 Å². The van der Waals surface area contributed by atoms with Gasteiger partial charge in [-0.05, 0) is 36.8 Å². The van der Waals surface area contributed by atoms with E-state index in [0.29, 0.717) is 49.6 Å². The zero-order valence-corrected chi connectivity index (χ0v) is 20.0. The molecular weight excluding hydrogens is 455 g/mol. The first-order valence-electron chi connectivity index (χ1n) is 11.3. The molecule has 0 aliphatic carbocycles. The molecule has 180 valence electrons. The Hall–Kier alpha value is -3.11. The van der Waals surface area contributed by atoms with Crippen LogP contribution in [0.2, 0.25) is 0 Å². The van der Waals surface area contributed by atoms with Crippen LogP contribution >= 0.6 is 11.8 Å². The predicted molar refractivity (Wildman–Crippen MR) is 132 cm³/mol. The van der Waals surface area contributed by atoms with Crippen molar-refractivity contribution in [1.82, 2.24) is 20.1 Å². The van der Waals surface area contributed by atoms with Gasteiger partial charge >= 0.3 is 0 Å². The van der Waals surface area contributed by atoms with E-state index in [9.17, 15) is 9.18 Å². The van der Waals surface area contributed by atoms with Gasteiger partial charge < -0.3 is 19.9 Å². The van der Waals surface area contributed by atoms with Crippen LogP contribution in [0.5, 0.6) is 0 Å². The van der Waals surface area contributed by atoms with Crippen molar-refractivity contribution in [2.24, 2.45) is 0 Å². The molecule has 0 radical (unpaired) electrons. The molecule has 2 aromatic carbocycles. The van der Waals surface area contributed by atoms with Crippen LogP contribution in [0.15, 0.2) is 59.8 Å². The number of rotatable bonds is 10. The van der Waals surface area contributed by atoms with Crippen LogP contribution in [-0.2, 0) is 9.53 Å². The topological polar surface area (TPSA) is 75.5 Å². The Kier molecular flexibility index (Phi) is 8.37. The van der Waals surface area contributed by atoms with Crippen LogP contribution < -0.4 is 15.1 Å². The molecule has 1 saturated heterocycles. The second kappa shape index (κ2) is 11.8. The maximum Gasteiger partial charge on any atom is 0.232 e. The summed E-state index contributed by atoms with van der Waals surface area (Å²) in [5, 5.41) is 12.2. The zero-order valence-electron chi connectivity index (χ0n) is 19.2. The van der Waals surface area contributed by atoms with Crippen LogP contribution in [0.25, 0.3) is 5.69 Å². The Morgan fingerprint density at radius 2 is 1.94 bits per heavy atom. The molecule has 0 bridgehead atoms. The molecule has 0 saturated carbocycles. The smallest absolute Gasteiger partial charge is 0.232 e. The normalized spacial score (nSPS) is 13.6. The highest BCUT2D eigenvalue weighted by Crippen LogP contribution is 2.27. The summed E-state index contributed by atoms with van der Waals surface area (Å²) in [5.74, 6) is 0.411. The fourth-order valence-electron chi connectivity index (χ4n) is 3.70. The summed E-state index contributed by atoms with van der Waals surface area (Å²) in [6.45, 7) is 3.98. The molecule has 1 aliphatic rings. The minimum Gasteiger partial charge on any atom is -0.378 e. The van der Waals surface area contributed by atoms with E-state index in [1.165, 1.54) is 23.9 Å². The number of carbonyl (C=O) groups excluding carboxylic acids is 1. The first-order chi connectivity index (χ1) is 16.6. The van der Waals surface area contributed by atoms with Gasteiger partial charge in [-0.3, -0.25) is 9.36 Å². The van der Waals surface area contributed by atoms with Crippen molar-refractivity contribution in [2.45, 2.75) is 11.6 Å². The van der Waals surface area contributed by atoms with Crippen molar-refractivity contribution in [3.8, 4) is 5.69 Å². The molecule has 1 amide bonds. The van der Waals surface area contributed by atoms with Gasteiger partial charge in [-0.25, -0.2) is 4.39 Å². The molecule has 0 atom stereocenters. The summed E-state index contributed by atoms with van der Waals surface area (Å²) >= 11 is 1.29. The third-order valence-electron chi connectivity index (χ3n) is 5.50. The second-order valence-corrected chi connectivity index (χ2v) is 8.89. The van der Waals surface area contributed by atoms with Gasteiger partial charge in [-0.15, -0.1) is 10.2 Å². The van der Waals surface area contributed by atoms with Gasteiger partial charge in [0.2, 0.25) is 11.9 Å². The maximum atomic E-state index is 14.0. The molecule has 4 rings (SSSR count). The number of amides is 1. The van der Waals surface area contributed by atoms with Crippen molar-refractivity contribution < 1.29 is 13.9 Å². The zero-order chi connectivity index (χ0) is 23.8. The highest BCUT2D eigenvalue weighted by Gasteiger charge is 2.22. The average Bonchev–Trinajstić information content (AvgIpc) is 3.30. The summed E-state index contributed by atoms with van der Waals surface area (Å²) in [7, 11) is 2.04. The van der Waals surface area contributed by atoms with Gasteiger partial charge in [-0.1, -0.05) is 36.0 Å². The van der Waals surface area contributed by atoms with Gasteiger partial charge in [0.25, 0.3) is 0 Å². The van der Waals surface area contributed by atoms with E-state index in [1.54, 1.807) is 10.6 Å². The quantitative estimate of drug-likeness (QED) is 0.350. The first-order valence-corrected chi connectivity index (χ1v) is 12.3. The number of ether oxygens (including phenoxy) is 1. The van der Waals surface area contributed by atoms with E-state index in [0.717, 1.165) is 18.7 Å². The number of hydrogen-bond acceptors (Lipinski definition) is 7. The van der Waals surface area contributed by atoms with Crippen LogP contribution in [-0.4, -0.2) is 72.9 Å². The van der Waals surface area contributed by atoms with E-state index in [-0.39, 0.29) is 17.5 Å². The monoisotopic (exact) mass is 484 g/mol. The van der Waals surface area contributed by atoms with Crippen molar-refractivity contribution in [2.75, 3.05) is 62.0 Å². The van der Waals surface area contributed by atoms with Gasteiger partial charge in [0.15, 0.2) is 5.16 Å². The van der Waals surface area contributed by atoms with Crippen molar-refractivity contribution >= 4 is 29.3 Å². The van der Waals surface area contributed by atoms with E-state index in [1.807, 2.05) is 31.3 Å². The van der Waals surface area contributed by atoms with Gasteiger partial charge in [-0.2, -0.15) is 0 Å². The molecule has 1 aliphatic heterocycles. The molecule has 1 aromatic heterocycles. The Morgan fingerprint density at radius 1 is 1.15 bits per heavy atom. The number of anilines is 2. The molecular formula is C24H29FN6O2S. The van der Waals surface area contributed by atoms with Gasteiger partial charge in [0.05, 0.1) is 24.7 Å². The van der Waals surface area contributed by atoms with Gasteiger partial charge in [0.1, 0.15) is 5.82 Å². The number of nitrogens with zero attached hydrogens (tertiary/aromatic N) is 5. The molecule has 8 nitrogen and oxygen atoms in total. The number of para-hydroxylation sites is 1. The van der Waals surface area contributed by atoms with Gasteiger partial charge in [0, 0.05) is 38.9 Å². The highest BCUT2D eigenvalue weighted by molar-refractivity contribution is 7.99. The lowest BCUT2D eigenvalue weighted by atomic mass is 10.3. The largest absolute Gasteiger partial charge is 0.378 e. The fraction of sp³-hybridized carbons (Fsp3) is 0.375. The van der Waals surface area contributed by atoms with Crippen LogP contribution in [0.1, 0.15) is 6.42 Å². The fourth-order valence-corrected chi connectivity index (χ4v) is 4.48. The summed E-state index contributed by atoms with van der Waals surface area (Å²) < 4.78 is 21.2. The minimum atomic E-state index is -0.340. The van der Waals surface area contributed by atoms with Crippen LogP contribution in [0, 0.1) is 5.82 Å². The van der Waals surface area contributed by atoms with E-state index in [4.69, 9.17) is 4.74 Å². The van der Waals surface area contributed by atoms with Crippen LogP contribution in [0.4, 0.5) is 16.0 Å². The summed E-state index contributed by atoms with van der Waals surface area (Å²) in [4.78, 5) is 16.7. The Morgan fingerprint density at radius 3 is 2.71 bits per heavy atom. The van der Waals surface area contributed by atoms with Crippen molar-refractivity contribution in [3.05, 3.63) is 60.4 Å². The number of benzene rings is 2. The minimum absolute atomic E-state index is 0.0749. The van der Waals surface area contributed by atoms with Crippen LogP contribution in [0.3, 0.4) is 0 Å². The first kappa shape index (κ1) is 24.0. The number of morpholine rings is 1. The SMILES string of the molecule is CN(CCCNC(=O)CSc1nnc(N2CCOCC2)n1-c1cccc(F)c1)c1ccccc1. The third-order valence-corrected chi connectivity index (χ3v) is 6.43. The Balaban J connectivity index is 1.34. The number of hydrogen-bond donors (Lipinski definition) is 1. The number of thioether (sulfide) groups is 1. The number of halogens is 1. The molecule has 1 fully saturated rings. The summed E-state index contributed by atoms with van der Waals surface area (Å²) in [6.07, 6.45) is 0.836. The number of carbonyl (C=O) groups is 1. The molecule has 0 spiro atoms. The molecule has 3 aromatic rings. The lowest BCUT2D eigenvalue weighted by Gasteiger charge is -2.27. The second-order valence-electron chi connectivity index (χ2n) is 7.95. The third kappa shape index (κ3) is 6.27. The lowest BCUT2D eigenvalue weighted by Crippen LogP contribution is -2.37. The molecule has 34 heavy (non-hydrogen) atoms. The number of nitrogens with one attached hydrogen (secondary N) is 1. The lowest BCUT2D eigenvalue weighted by molar-refractivity contribution is -0.118. The molecule has 10 heteroatoms. The molecule has 2 heterocycles. The van der Waals surface area contributed by atoms with E-state index in [2.05, 4.69) is 37.4 Å². The Labute approximate surface area is 203 Å². The predicted octanol–water partition coefficient (Wildman–Crippen LogP) is 2.98. The number of aromatic nitrogens is 3.